The van der Waals surface area contributed by atoms with Crippen molar-refractivity contribution in [3.8, 4) is 62.5 Å². The zero-order chi connectivity index (χ0) is 41.0. The van der Waals surface area contributed by atoms with Crippen LogP contribution in [0.1, 0.15) is 93.7 Å². The fraction of sp³-hybridized carbons (Fsp3) is 0.345. The largest absolute Gasteiger partial charge is 0.208 e. The summed E-state index contributed by atoms with van der Waals surface area (Å²) in [5.74, 6) is 7.58. The van der Waals surface area contributed by atoms with Crippen molar-refractivity contribution in [1.29, 1.82) is 5.26 Å². The van der Waals surface area contributed by atoms with E-state index < -0.39 is 0 Å². The number of nitriles is 1. The lowest BCUT2D eigenvalue weighted by Crippen LogP contribution is -2.48. The summed E-state index contributed by atoms with van der Waals surface area (Å²) in [5, 5.41) is 11.7. The van der Waals surface area contributed by atoms with Gasteiger partial charge in [-0.15, -0.1) is 0 Å². The molecule has 4 nitrogen and oxygen atoms in total. The van der Waals surface area contributed by atoms with Crippen molar-refractivity contribution in [3.05, 3.63) is 150 Å². The van der Waals surface area contributed by atoms with Gasteiger partial charge in [0, 0.05) is 16.7 Å². The SMILES string of the molecule is N#Cc1ccc(-c2ccc(-c3nc(-c4ccc(C56CC7CC(CC(C7)C5)C6)cc4)nc(-c4cccc(-c5ccc(C67CC8CC(CC(C8)C6)C7)cc5)c4)n3)c3ccccc23)cc1. The summed E-state index contributed by atoms with van der Waals surface area (Å²) in [6.07, 6.45) is 17.0. The predicted octanol–water partition coefficient (Wildman–Crippen LogP) is 14.2. The number of nitrogens with zero attached hydrogens (tertiary/aromatic N) is 4. The van der Waals surface area contributed by atoms with Gasteiger partial charge in [0.15, 0.2) is 17.5 Å². The molecule has 0 radical (unpaired) electrons. The summed E-state index contributed by atoms with van der Waals surface area (Å²) in [5.41, 5.74) is 12.1. The standard InChI is InChI=1S/C58H52N4/c59-35-36-8-10-44(11-9-36)50-20-21-53(52-7-2-1-6-51(50)52)56-61-54(45-14-18-49(19-15-45)58-32-40-25-41(33-58)27-42(26-40)34-58)60-55(62-56)47-5-3-4-46(28-47)43-12-16-48(17-13-43)57-29-37-22-38(30-57)24-39(23-37)31-57/h1-21,28,37-42H,22-27,29-34H2. The molecular weight excluding hydrogens is 753 g/mol. The Bertz CT molecular complexity index is 2850. The first-order chi connectivity index (χ1) is 30.4. The van der Waals surface area contributed by atoms with E-state index in [1.165, 1.54) is 93.7 Å². The van der Waals surface area contributed by atoms with Crippen LogP contribution in [0.2, 0.25) is 0 Å². The van der Waals surface area contributed by atoms with E-state index >= 15 is 0 Å². The highest BCUT2D eigenvalue weighted by Gasteiger charge is 2.52. The molecule has 0 amide bonds. The van der Waals surface area contributed by atoms with Gasteiger partial charge in [-0.3, -0.25) is 0 Å². The first kappa shape index (κ1) is 36.7. The van der Waals surface area contributed by atoms with Gasteiger partial charge in [0.1, 0.15) is 0 Å². The molecule has 4 heteroatoms. The summed E-state index contributed by atoms with van der Waals surface area (Å²) in [6.45, 7) is 0. The monoisotopic (exact) mass is 804 g/mol. The van der Waals surface area contributed by atoms with E-state index in [0.29, 0.717) is 33.9 Å². The molecular formula is C58H52N4. The highest BCUT2D eigenvalue weighted by molar-refractivity contribution is 6.04. The molecule has 62 heavy (non-hydrogen) atoms. The Kier molecular flexibility index (Phi) is 8.32. The summed E-state index contributed by atoms with van der Waals surface area (Å²) in [6, 6.07) is 50.8. The Balaban J connectivity index is 0.894. The number of hydrogen-bond donors (Lipinski definition) is 0. The Morgan fingerprint density at radius 1 is 0.387 bits per heavy atom. The topological polar surface area (TPSA) is 62.5 Å². The van der Waals surface area contributed by atoms with E-state index in [-0.39, 0.29) is 0 Å². The van der Waals surface area contributed by atoms with Crippen molar-refractivity contribution in [1.82, 2.24) is 15.0 Å². The van der Waals surface area contributed by atoms with Crippen LogP contribution in [-0.2, 0) is 10.8 Å². The summed E-state index contributed by atoms with van der Waals surface area (Å²) in [4.78, 5) is 15.9. The highest BCUT2D eigenvalue weighted by atomic mass is 15.0. The van der Waals surface area contributed by atoms with Crippen LogP contribution in [0.3, 0.4) is 0 Å². The van der Waals surface area contributed by atoms with Crippen LogP contribution in [-0.4, -0.2) is 15.0 Å². The Hall–Kier alpha value is -5.92. The third-order valence-electron chi connectivity index (χ3n) is 16.9. The van der Waals surface area contributed by atoms with Crippen LogP contribution >= 0.6 is 0 Å². The first-order valence-corrected chi connectivity index (χ1v) is 23.6. The van der Waals surface area contributed by atoms with Crippen molar-refractivity contribution in [2.75, 3.05) is 0 Å². The minimum absolute atomic E-state index is 0.339. The molecule has 0 spiro atoms. The molecule has 1 aromatic heterocycles. The van der Waals surface area contributed by atoms with E-state index in [1.807, 2.05) is 24.3 Å². The summed E-state index contributed by atoms with van der Waals surface area (Å²) in [7, 11) is 0. The van der Waals surface area contributed by atoms with Gasteiger partial charge in [0.25, 0.3) is 0 Å². The van der Waals surface area contributed by atoms with Gasteiger partial charge in [-0.2, -0.15) is 5.26 Å². The lowest BCUT2D eigenvalue weighted by molar-refractivity contribution is -0.00530. The summed E-state index contributed by atoms with van der Waals surface area (Å²) < 4.78 is 0. The molecule has 0 atom stereocenters. The van der Waals surface area contributed by atoms with Gasteiger partial charge >= 0.3 is 0 Å². The predicted molar refractivity (Wildman–Crippen MR) is 249 cm³/mol. The second-order valence-corrected chi connectivity index (χ2v) is 20.8. The number of aromatic nitrogens is 3. The normalized spacial score (nSPS) is 29.0. The average molecular weight is 805 g/mol. The lowest BCUT2D eigenvalue weighted by atomic mass is 9.48. The molecule has 6 aromatic carbocycles. The van der Waals surface area contributed by atoms with Crippen LogP contribution in [0.5, 0.6) is 0 Å². The number of fused-ring (bicyclic) bond motifs is 1. The zero-order valence-electron chi connectivity index (χ0n) is 35.4. The van der Waals surface area contributed by atoms with Gasteiger partial charge in [-0.25, -0.2) is 15.0 Å². The van der Waals surface area contributed by atoms with Crippen molar-refractivity contribution in [2.45, 2.75) is 87.9 Å². The van der Waals surface area contributed by atoms with Gasteiger partial charge in [-0.1, -0.05) is 109 Å². The Morgan fingerprint density at radius 2 is 0.823 bits per heavy atom. The van der Waals surface area contributed by atoms with Gasteiger partial charge in [0.2, 0.25) is 0 Å². The van der Waals surface area contributed by atoms with Gasteiger partial charge in [0.05, 0.1) is 11.6 Å². The first-order valence-electron chi connectivity index (χ1n) is 23.6. The Labute approximate surface area is 365 Å². The Morgan fingerprint density at radius 3 is 1.35 bits per heavy atom. The van der Waals surface area contributed by atoms with E-state index in [9.17, 15) is 5.26 Å². The molecule has 7 aromatic rings. The molecule has 0 saturated heterocycles. The molecule has 8 saturated carbocycles. The lowest BCUT2D eigenvalue weighted by Gasteiger charge is -2.57. The molecule has 8 bridgehead atoms. The van der Waals surface area contributed by atoms with Crippen LogP contribution in [0.25, 0.3) is 67.2 Å². The zero-order valence-corrected chi connectivity index (χ0v) is 35.4. The molecule has 8 aliphatic rings. The average Bonchev–Trinajstić information content (AvgIpc) is 3.30. The summed E-state index contributed by atoms with van der Waals surface area (Å²) >= 11 is 0. The fourth-order valence-electron chi connectivity index (χ4n) is 15.0. The van der Waals surface area contributed by atoms with Crippen LogP contribution < -0.4 is 0 Å². The number of benzene rings is 6. The van der Waals surface area contributed by atoms with E-state index in [1.54, 1.807) is 5.56 Å². The molecule has 0 N–H and O–H groups in total. The molecule has 8 fully saturated rings. The smallest absolute Gasteiger partial charge is 0.164 e. The van der Waals surface area contributed by atoms with Gasteiger partial charge < -0.3 is 0 Å². The van der Waals surface area contributed by atoms with Crippen molar-refractivity contribution >= 4 is 10.8 Å². The maximum Gasteiger partial charge on any atom is 0.164 e. The highest BCUT2D eigenvalue weighted by Crippen LogP contribution is 2.62. The molecule has 1 heterocycles. The van der Waals surface area contributed by atoms with E-state index in [2.05, 4.69) is 115 Å². The van der Waals surface area contributed by atoms with Crippen LogP contribution in [0, 0.1) is 46.8 Å². The molecule has 0 aliphatic heterocycles. The molecule has 8 aliphatic carbocycles. The minimum Gasteiger partial charge on any atom is -0.208 e. The van der Waals surface area contributed by atoms with Crippen molar-refractivity contribution in [2.24, 2.45) is 35.5 Å². The van der Waals surface area contributed by atoms with Crippen LogP contribution in [0.15, 0.2) is 133 Å². The maximum absolute atomic E-state index is 9.46. The van der Waals surface area contributed by atoms with E-state index in [0.717, 1.165) is 74.1 Å². The van der Waals surface area contributed by atoms with Crippen LogP contribution in [0.4, 0.5) is 0 Å². The fourth-order valence-corrected chi connectivity index (χ4v) is 15.0. The molecule has 0 unspecified atom stereocenters. The maximum atomic E-state index is 9.46. The number of hydrogen-bond acceptors (Lipinski definition) is 4. The second-order valence-electron chi connectivity index (χ2n) is 20.8. The van der Waals surface area contributed by atoms with E-state index in [4.69, 9.17) is 15.0 Å². The third kappa shape index (κ3) is 6.10. The quantitative estimate of drug-likeness (QED) is 0.161. The van der Waals surface area contributed by atoms with Gasteiger partial charge in [-0.05, 0) is 192 Å². The number of rotatable bonds is 7. The molecule has 15 rings (SSSR count). The second kappa shape index (κ2) is 14.0. The van der Waals surface area contributed by atoms with Crippen molar-refractivity contribution < 1.29 is 0 Å². The third-order valence-corrected chi connectivity index (χ3v) is 16.9. The molecule has 304 valence electrons. The minimum atomic E-state index is 0.339. The van der Waals surface area contributed by atoms with Crippen molar-refractivity contribution in [3.63, 3.8) is 0 Å².